The largest absolute Gasteiger partial charge is 0.425 e. The highest BCUT2D eigenvalue weighted by atomic mass is 16.5. The van der Waals surface area contributed by atoms with Crippen molar-refractivity contribution < 1.29 is 19.4 Å². The fourth-order valence-electron chi connectivity index (χ4n) is 1.65. The van der Waals surface area contributed by atoms with Crippen LogP contribution >= 0.6 is 0 Å². The zero-order chi connectivity index (χ0) is 13.7. The van der Waals surface area contributed by atoms with Gasteiger partial charge in [-0.2, -0.15) is 0 Å². The Balaban J connectivity index is 2.09. The quantitative estimate of drug-likeness (QED) is 0.622. The Labute approximate surface area is 110 Å². The van der Waals surface area contributed by atoms with Crippen LogP contribution in [0, 0.1) is 0 Å². The fraction of sp³-hybridized carbons (Fsp3) is 0.0667. The molecular weight excluding hydrogens is 244 g/mol. The van der Waals surface area contributed by atoms with Crippen LogP contribution in [0.5, 0.6) is 5.75 Å². The molecule has 0 spiro atoms. The molecule has 0 fully saturated rings. The lowest BCUT2D eigenvalue weighted by Gasteiger charge is -2.06. The third kappa shape index (κ3) is 3.42. The van der Waals surface area contributed by atoms with Gasteiger partial charge in [-0.05, 0) is 17.7 Å². The maximum absolute atomic E-state index is 11.7. The lowest BCUT2D eigenvalue weighted by Crippen LogP contribution is -2.13. The molecule has 0 bridgehead atoms. The number of benzene rings is 2. The molecule has 0 atom stereocenters. The van der Waals surface area contributed by atoms with Gasteiger partial charge in [0.2, 0.25) is 0 Å². The number of hydrogen-bond donors (Lipinski definition) is 0. The van der Waals surface area contributed by atoms with E-state index in [9.17, 15) is 14.7 Å². The van der Waals surface area contributed by atoms with Gasteiger partial charge in [-0.15, -0.1) is 0 Å². The molecule has 0 amide bonds. The van der Waals surface area contributed by atoms with Crippen molar-refractivity contribution in [1.82, 2.24) is 0 Å². The normalized spacial score (nSPS) is 9.89. The minimum Gasteiger partial charge on any atom is -0.425 e. The average molecular weight is 255 g/mol. The van der Waals surface area contributed by atoms with Gasteiger partial charge in [0, 0.05) is 0 Å². The van der Waals surface area contributed by atoms with E-state index in [1.807, 2.05) is 18.2 Å². The molecular formula is C15H11O4. The Kier molecular flexibility index (Phi) is 3.93. The summed E-state index contributed by atoms with van der Waals surface area (Å²) in [6, 6.07) is 15.0. The fourth-order valence-corrected chi connectivity index (χ4v) is 1.65. The van der Waals surface area contributed by atoms with E-state index in [-0.39, 0.29) is 17.7 Å². The van der Waals surface area contributed by atoms with E-state index >= 15 is 0 Å². The Morgan fingerprint density at radius 2 is 1.53 bits per heavy atom. The molecule has 0 heterocycles. The summed E-state index contributed by atoms with van der Waals surface area (Å²) >= 11 is 0. The Bertz CT molecular complexity index is 590. The molecule has 0 aromatic heterocycles. The highest BCUT2D eigenvalue weighted by Crippen LogP contribution is 2.18. The van der Waals surface area contributed by atoms with Crippen molar-refractivity contribution in [3.05, 3.63) is 65.7 Å². The van der Waals surface area contributed by atoms with E-state index in [0.717, 1.165) is 5.56 Å². The lowest BCUT2D eigenvalue weighted by molar-refractivity contribution is -0.133. The maximum atomic E-state index is 11.7. The Morgan fingerprint density at radius 3 is 2.21 bits per heavy atom. The molecule has 0 aliphatic heterocycles. The number of para-hydroxylation sites is 1. The summed E-state index contributed by atoms with van der Waals surface area (Å²) in [5.74, 6) is -1.88. The smallest absolute Gasteiger partial charge is 0.390 e. The first-order valence-electron chi connectivity index (χ1n) is 5.72. The van der Waals surface area contributed by atoms with Crippen molar-refractivity contribution in [2.75, 3.05) is 0 Å². The molecule has 2 aromatic rings. The van der Waals surface area contributed by atoms with E-state index in [1.165, 1.54) is 12.1 Å². The van der Waals surface area contributed by atoms with Crippen LogP contribution in [0.25, 0.3) is 0 Å². The third-order valence-electron chi connectivity index (χ3n) is 2.52. The number of ether oxygens (including phenoxy) is 1. The van der Waals surface area contributed by atoms with Crippen molar-refractivity contribution in [1.29, 1.82) is 0 Å². The Hall–Kier alpha value is -2.62. The van der Waals surface area contributed by atoms with E-state index in [2.05, 4.69) is 0 Å². The zero-order valence-corrected chi connectivity index (χ0v) is 10.0. The van der Waals surface area contributed by atoms with E-state index in [4.69, 9.17) is 4.74 Å². The van der Waals surface area contributed by atoms with Crippen molar-refractivity contribution in [2.24, 2.45) is 0 Å². The van der Waals surface area contributed by atoms with Crippen LogP contribution in [0.2, 0.25) is 0 Å². The van der Waals surface area contributed by atoms with Crippen LogP contribution in [0.1, 0.15) is 15.9 Å². The number of carbonyl (C=O) groups excluding carboxylic acids is 2. The number of rotatable bonds is 4. The van der Waals surface area contributed by atoms with Crippen molar-refractivity contribution in [3.63, 3.8) is 0 Å². The van der Waals surface area contributed by atoms with E-state index < -0.39 is 11.9 Å². The number of carbonyl (C=O) groups is 2. The van der Waals surface area contributed by atoms with Gasteiger partial charge >= 0.3 is 11.9 Å². The molecule has 95 valence electrons. The molecule has 0 aliphatic rings. The van der Waals surface area contributed by atoms with Crippen LogP contribution in [0.3, 0.4) is 0 Å². The van der Waals surface area contributed by atoms with Gasteiger partial charge in [0.25, 0.3) is 0 Å². The molecule has 2 rings (SSSR count). The zero-order valence-electron chi connectivity index (χ0n) is 10.0. The molecule has 0 aliphatic carbocycles. The maximum Gasteiger partial charge on any atom is 0.390 e. The molecule has 0 saturated carbocycles. The minimum atomic E-state index is -1.37. The second-order valence-electron chi connectivity index (χ2n) is 3.92. The summed E-state index contributed by atoms with van der Waals surface area (Å²) in [7, 11) is 0. The summed E-state index contributed by atoms with van der Waals surface area (Å²) in [5.41, 5.74) is 0.669. The van der Waals surface area contributed by atoms with Gasteiger partial charge in [-0.1, -0.05) is 42.5 Å². The molecule has 0 unspecified atom stereocenters. The van der Waals surface area contributed by atoms with Crippen LogP contribution in [0.15, 0.2) is 54.6 Å². The van der Waals surface area contributed by atoms with Crippen LogP contribution in [-0.4, -0.2) is 11.9 Å². The predicted octanol–water partition coefficient (Wildman–Crippen LogP) is 2.41. The van der Waals surface area contributed by atoms with Gasteiger partial charge in [-0.3, -0.25) is 4.79 Å². The standard InChI is InChI=1S/C15H11O4/c16-14(10-11-6-2-1-3-7-11)19-13-9-5-4-8-12(13)15(17)18/h1-9H,10H2. The van der Waals surface area contributed by atoms with Crippen molar-refractivity contribution in [2.45, 2.75) is 6.42 Å². The number of esters is 1. The summed E-state index contributed by atoms with van der Waals surface area (Å²) in [5, 5.41) is 10.9. The first kappa shape index (κ1) is 12.8. The first-order valence-corrected chi connectivity index (χ1v) is 5.72. The molecule has 0 saturated heterocycles. The third-order valence-corrected chi connectivity index (χ3v) is 2.52. The molecule has 4 nitrogen and oxygen atoms in total. The van der Waals surface area contributed by atoms with Gasteiger partial charge in [0.1, 0.15) is 11.3 Å². The summed E-state index contributed by atoms with van der Waals surface area (Å²) in [4.78, 5) is 22.6. The summed E-state index contributed by atoms with van der Waals surface area (Å²) in [6.07, 6.45) is 0.0855. The van der Waals surface area contributed by atoms with E-state index in [1.54, 1.807) is 24.3 Å². The van der Waals surface area contributed by atoms with Gasteiger partial charge < -0.3 is 4.74 Å². The molecule has 0 N–H and O–H groups in total. The molecule has 19 heavy (non-hydrogen) atoms. The van der Waals surface area contributed by atoms with Crippen LogP contribution in [0.4, 0.5) is 0 Å². The number of hydrogen-bond acceptors (Lipinski definition) is 3. The van der Waals surface area contributed by atoms with Gasteiger partial charge in [0.05, 0.1) is 6.42 Å². The minimum absolute atomic E-state index is 0.00318. The summed E-state index contributed by atoms with van der Waals surface area (Å²) < 4.78 is 5.05. The highest BCUT2D eigenvalue weighted by molar-refractivity contribution is 5.91. The van der Waals surface area contributed by atoms with Crippen LogP contribution in [-0.2, 0) is 16.3 Å². The Morgan fingerprint density at radius 1 is 0.895 bits per heavy atom. The molecule has 2 aromatic carbocycles. The lowest BCUT2D eigenvalue weighted by atomic mass is 10.1. The molecule has 4 heteroatoms. The molecule has 1 radical (unpaired) electrons. The van der Waals surface area contributed by atoms with Gasteiger partial charge in [-0.25, -0.2) is 9.90 Å². The summed E-state index contributed by atoms with van der Waals surface area (Å²) in [6.45, 7) is 0. The topological polar surface area (TPSA) is 63.3 Å². The van der Waals surface area contributed by atoms with Crippen molar-refractivity contribution >= 4 is 11.9 Å². The van der Waals surface area contributed by atoms with E-state index in [0.29, 0.717) is 0 Å². The second kappa shape index (κ2) is 5.82. The van der Waals surface area contributed by atoms with Crippen molar-refractivity contribution in [3.8, 4) is 5.75 Å². The average Bonchev–Trinajstić information content (AvgIpc) is 2.40. The highest BCUT2D eigenvalue weighted by Gasteiger charge is 2.15. The first-order chi connectivity index (χ1) is 9.16. The monoisotopic (exact) mass is 255 g/mol. The SMILES string of the molecule is [O]C(=O)c1ccccc1OC(=O)Cc1ccccc1. The second-order valence-corrected chi connectivity index (χ2v) is 3.92. The van der Waals surface area contributed by atoms with Crippen LogP contribution < -0.4 is 4.74 Å². The van der Waals surface area contributed by atoms with Gasteiger partial charge in [0.15, 0.2) is 0 Å². The predicted molar refractivity (Wildman–Crippen MR) is 67.2 cm³/mol.